The second-order valence-electron chi connectivity index (χ2n) is 8.95. The fraction of sp³-hybridized carbons (Fsp3) is 0.727. The van der Waals surface area contributed by atoms with Crippen LogP contribution in [0.5, 0.6) is 0 Å². The van der Waals surface area contributed by atoms with Gasteiger partial charge in [0.15, 0.2) is 11.6 Å². The van der Waals surface area contributed by atoms with Crippen LogP contribution in [0, 0.1) is 23.2 Å². The molecule has 4 nitrogen and oxygen atoms in total. The highest BCUT2D eigenvalue weighted by atomic mass is 16.3. The molecule has 3 atom stereocenters. The van der Waals surface area contributed by atoms with Crippen LogP contribution in [0.25, 0.3) is 0 Å². The molecule has 0 aromatic rings. The number of hydrogen-bond donors (Lipinski definition) is 2. The van der Waals surface area contributed by atoms with Gasteiger partial charge in [-0.25, -0.2) is 0 Å². The van der Waals surface area contributed by atoms with E-state index in [9.17, 15) is 19.8 Å². The van der Waals surface area contributed by atoms with Crippen LogP contribution in [0.15, 0.2) is 23.0 Å². The lowest BCUT2D eigenvalue weighted by atomic mass is 9.70. The van der Waals surface area contributed by atoms with Gasteiger partial charge in [-0.15, -0.1) is 0 Å². The van der Waals surface area contributed by atoms with Crippen molar-refractivity contribution in [2.24, 2.45) is 23.2 Å². The van der Waals surface area contributed by atoms with Crippen LogP contribution in [0.1, 0.15) is 74.1 Å². The summed E-state index contributed by atoms with van der Waals surface area (Å²) in [5.74, 6) is -0.942. The molecule has 0 radical (unpaired) electrons. The number of ketones is 2. The number of aliphatic hydroxyl groups is 2. The van der Waals surface area contributed by atoms with Crippen molar-refractivity contribution in [3.8, 4) is 0 Å². The van der Waals surface area contributed by atoms with E-state index in [4.69, 9.17) is 0 Å². The van der Waals surface area contributed by atoms with Crippen molar-refractivity contribution in [1.29, 1.82) is 0 Å². The van der Waals surface area contributed by atoms with Crippen molar-refractivity contribution in [3.63, 3.8) is 0 Å². The molecule has 0 aliphatic heterocycles. The zero-order valence-corrected chi connectivity index (χ0v) is 17.4. The first kappa shape index (κ1) is 22.6. The summed E-state index contributed by atoms with van der Waals surface area (Å²) >= 11 is 0. The Hall–Kier alpha value is -1.42. The van der Waals surface area contributed by atoms with Crippen molar-refractivity contribution >= 4 is 11.6 Å². The molecule has 0 fully saturated rings. The van der Waals surface area contributed by atoms with Crippen LogP contribution >= 0.6 is 0 Å². The lowest BCUT2D eigenvalue weighted by Crippen LogP contribution is -2.40. The second kappa shape index (κ2) is 8.98. The van der Waals surface area contributed by atoms with Crippen LogP contribution in [-0.4, -0.2) is 27.9 Å². The summed E-state index contributed by atoms with van der Waals surface area (Å²) in [6, 6.07) is 0. The molecule has 2 N–H and O–H groups in total. The molecule has 0 aromatic carbocycles. The minimum Gasteiger partial charge on any atom is -0.511 e. The molecule has 0 aromatic heterocycles. The maximum Gasteiger partial charge on any atom is 0.174 e. The Labute approximate surface area is 158 Å². The minimum absolute atomic E-state index is 0.0862. The molecular formula is C22H36O4. The van der Waals surface area contributed by atoms with Crippen molar-refractivity contribution in [2.75, 3.05) is 0 Å². The van der Waals surface area contributed by atoms with E-state index in [0.717, 1.165) is 12.0 Å². The topological polar surface area (TPSA) is 74.6 Å². The van der Waals surface area contributed by atoms with Crippen LogP contribution < -0.4 is 0 Å². The van der Waals surface area contributed by atoms with Gasteiger partial charge in [-0.2, -0.15) is 0 Å². The van der Waals surface area contributed by atoms with Crippen LogP contribution in [0.2, 0.25) is 0 Å². The second-order valence-corrected chi connectivity index (χ2v) is 8.95. The average molecular weight is 365 g/mol. The summed E-state index contributed by atoms with van der Waals surface area (Å²) in [5.41, 5.74) is -0.130. The van der Waals surface area contributed by atoms with Gasteiger partial charge in [-0.3, -0.25) is 9.59 Å². The largest absolute Gasteiger partial charge is 0.511 e. The molecule has 0 spiro atoms. The Morgan fingerprint density at radius 2 is 1.73 bits per heavy atom. The lowest BCUT2D eigenvalue weighted by Gasteiger charge is -2.35. The predicted octanol–water partition coefficient (Wildman–Crippen LogP) is 4.77. The molecule has 1 aliphatic rings. The number of hydrogen-bond acceptors (Lipinski definition) is 4. The van der Waals surface area contributed by atoms with E-state index in [2.05, 4.69) is 13.8 Å². The summed E-state index contributed by atoms with van der Waals surface area (Å²) in [6.45, 7) is 13.6. The van der Waals surface area contributed by atoms with E-state index in [0.29, 0.717) is 18.8 Å². The summed E-state index contributed by atoms with van der Waals surface area (Å²) in [6.07, 6.45) is 3.00. The SMILES string of the molecule is CC(C)=CC[C@@H]1C(=O)C(C(=O)CC(C)C)=C(O)C1(C)C(O)CCC(C)C. The van der Waals surface area contributed by atoms with Gasteiger partial charge in [0.05, 0.1) is 17.1 Å². The highest BCUT2D eigenvalue weighted by Gasteiger charge is 2.55. The van der Waals surface area contributed by atoms with E-state index in [1.807, 2.05) is 33.8 Å². The standard InChI is InChI=1S/C22H36O4/c1-13(2)8-10-16-20(25)19(17(23)12-15(5)6)21(26)22(16,7)18(24)11-9-14(3)4/h8,14-16,18,24,26H,9-12H2,1-7H3/t16-,18?,22?/m1/s1. The van der Waals surface area contributed by atoms with E-state index >= 15 is 0 Å². The smallest absolute Gasteiger partial charge is 0.174 e. The van der Waals surface area contributed by atoms with Crippen LogP contribution in [0.3, 0.4) is 0 Å². The first-order valence-electron chi connectivity index (χ1n) is 9.75. The highest BCUT2D eigenvalue weighted by molar-refractivity contribution is 6.23. The predicted molar refractivity (Wildman–Crippen MR) is 105 cm³/mol. The molecular weight excluding hydrogens is 328 g/mol. The molecule has 0 heterocycles. The first-order valence-corrected chi connectivity index (χ1v) is 9.75. The summed E-state index contributed by atoms with van der Waals surface area (Å²) in [7, 11) is 0. The fourth-order valence-corrected chi connectivity index (χ4v) is 3.63. The summed E-state index contributed by atoms with van der Waals surface area (Å²) in [4.78, 5) is 25.6. The van der Waals surface area contributed by atoms with Gasteiger partial charge in [0.2, 0.25) is 0 Å². The Bertz CT molecular complexity index is 593. The molecule has 26 heavy (non-hydrogen) atoms. The maximum atomic E-state index is 13.0. The molecule has 0 saturated carbocycles. The van der Waals surface area contributed by atoms with Gasteiger partial charge in [-0.05, 0) is 51.9 Å². The molecule has 2 unspecified atom stereocenters. The monoisotopic (exact) mass is 364 g/mol. The van der Waals surface area contributed by atoms with Crippen molar-refractivity contribution in [3.05, 3.63) is 23.0 Å². The molecule has 0 amide bonds. The lowest BCUT2D eigenvalue weighted by molar-refractivity contribution is -0.125. The fourth-order valence-electron chi connectivity index (χ4n) is 3.63. The van der Waals surface area contributed by atoms with Crippen molar-refractivity contribution in [1.82, 2.24) is 0 Å². The van der Waals surface area contributed by atoms with E-state index in [-0.39, 0.29) is 35.2 Å². The van der Waals surface area contributed by atoms with Crippen molar-refractivity contribution < 1.29 is 19.8 Å². The minimum atomic E-state index is -1.11. The summed E-state index contributed by atoms with van der Waals surface area (Å²) < 4.78 is 0. The summed E-state index contributed by atoms with van der Waals surface area (Å²) in [5, 5.41) is 21.8. The van der Waals surface area contributed by atoms with Gasteiger partial charge in [0.25, 0.3) is 0 Å². The third-order valence-electron chi connectivity index (χ3n) is 5.38. The molecule has 148 valence electrons. The van der Waals surface area contributed by atoms with E-state index in [1.54, 1.807) is 6.92 Å². The van der Waals surface area contributed by atoms with Gasteiger partial charge in [0, 0.05) is 12.3 Å². The van der Waals surface area contributed by atoms with Crippen LogP contribution in [-0.2, 0) is 9.59 Å². The Kier molecular flexibility index (Phi) is 7.82. The molecule has 1 rings (SSSR count). The third kappa shape index (κ3) is 4.85. The Balaban J connectivity index is 3.31. The number of aliphatic hydroxyl groups excluding tert-OH is 2. The quantitative estimate of drug-likeness (QED) is 0.456. The zero-order chi connectivity index (χ0) is 20.2. The van der Waals surface area contributed by atoms with Gasteiger partial charge < -0.3 is 10.2 Å². The van der Waals surface area contributed by atoms with Gasteiger partial charge in [0.1, 0.15) is 5.76 Å². The highest BCUT2D eigenvalue weighted by Crippen LogP contribution is 2.50. The molecule has 4 heteroatoms. The molecule has 0 bridgehead atoms. The maximum absolute atomic E-state index is 13.0. The zero-order valence-electron chi connectivity index (χ0n) is 17.4. The number of carbonyl (C=O) groups is 2. The van der Waals surface area contributed by atoms with E-state index in [1.165, 1.54) is 0 Å². The molecule has 1 aliphatic carbocycles. The third-order valence-corrected chi connectivity index (χ3v) is 5.38. The van der Waals surface area contributed by atoms with Gasteiger partial charge in [-0.1, -0.05) is 39.3 Å². The molecule has 0 saturated heterocycles. The van der Waals surface area contributed by atoms with Gasteiger partial charge >= 0.3 is 0 Å². The Morgan fingerprint density at radius 1 is 1.15 bits per heavy atom. The van der Waals surface area contributed by atoms with Crippen molar-refractivity contribution in [2.45, 2.75) is 80.3 Å². The number of carbonyl (C=O) groups excluding carboxylic acids is 2. The number of Topliss-reactive ketones (excluding diaryl/α,β-unsaturated/α-hetero) is 2. The van der Waals surface area contributed by atoms with E-state index < -0.39 is 17.4 Å². The first-order chi connectivity index (χ1) is 11.9. The van der Waals surface area contributed by atoms with Crippen LogP contribution in [0.4, 0.5) is 0 Å². The number of rotatable bonds is 9. The Morgan fingerprint density at radius 3 is 2.19 bits per heavy atom. The number of allylic oxidation sites excluding steroid dienone is 3. The normalized spacial score (nSPS) is 24.5. The average Bonchev–Trinajstić information content (AvgIpc) is 2.69.